The van der Waals surface area contributed by atoms with Crippen molar-refractivity contribution in [2.75, 3.05) is 6.54 Å². The van der Waals surface area contributed by atoms with Crippen LogP contribution in [0.1, 0.15) is 13.3 Å². The topological polar surface area (TPSA) is 55.1 Å². The smallest absolute Gasteiger partial charge is 0.295 e. The van der Waals surface area contributed by atoms with Gasteiger partial charge < -0.3 is 11.1 Å². The highest BCUT2D eigenvalue weighted by atomic mass is 16.1. The molecule has 3 heteroatoms. The second-order valence-corrected chi connectivity index (χ2v) is 2.10. The Morgan fingerprint density at radius 2 is 2.50 bits per heavy atom. The van der Waals surface area contributed by atoms with Gasteiger partial charge >= 0.3 is 0 Å². The van der Waals surface area contributed by atoms with Gasteiger partial charge in [0, 0.05) is 6.04 Å². The second kappa shape index (κ2) is 4.83. The van der Waals surface area contributed by atoms with Crippen molar-refractivity contribution in [3.63, 3.8) is 0 Å². The Hall–Kier alpha value is -1.01. The fourth-order valence-corrected chi connectivity index (χ4v) is 0.588. The molecule has 1 amide bonds. The molecule has 0 saturated heterocycles. The lowest BCUT2D eigenvalue weighted by atomic mass is 10.2. The van der Waals surface area contributed by atoms with Crippen LogP contribution in [0.3, 0.4) is 0 Å². The number of amides is 1. The highest BCUT2D eigenvalue weighted by molar-refractivity contribution is 5.92. The summed E-state index contributed by atoms with van der Waals surface area (Å²) in [6.45, 7) is 2.42. The molecule has 0 aliphatic rings. The molecule has 0 heterocycles. The van der Waals surface area contributed by atoms with Gasteiger partial charge in [-0.05, 0) is 25.8 Å². The predicted octanol–water partition coefficient (Wildman–Crippen LogP) is -0.527. The van der Waals surface area contributed by atoms with E-state index in [9.17, 15) is 4.79 Å². The fraction of sp³-hybridized carbons (Fsp3) is 0.571. The number of carbonyl (C=O) groups excluding carboxylic acids is 1. The molecule has 56 valence electrons. The Morgan fingerprint density at radius 1 is 1.90 bits per heavy atom. The van der Waals surface area contributed by atoms with Crippen LogP contribution in [0.5, 0.6) is 0 Å². The Bertz CT molecular complexity index is 148. The van der Waals surface area contributed by atoms with Crippen LogP contribution in [0.25, 0.3) is 0 Å². The summed E-state index contributed by atoms with van der Waals surface area (Å²) in [7, 11) is 0. The number of rotatable bonds is 3. The molecule has 0 spiro atoms. The Labute approximate surface area is 61.0 Å². The third-order valence-corrected chi connectivity index (χ3v) is 1.11. The minimum absolute atomic E-state index is 0.0774. The molecule has 0 aliphatic carbocycles. The van der Waals surface area contributed by atoms with Gasteiger partial charge in [0.05, 0.1) is 0 Å². The molecule has 0 aromatic rings. The van der Waals surface area contributed by atoms with Crippen LogP contribution in [-0.4, -0.2) is 18.5 Å². The number of hydrogen-bond acceptors (Lipinski definition) is 2. The van der Waals surface area contributed by atoms with E-state index in [0.29, 0.717) is 6.54 Å². The molecular formula is C7H12N2O. The number of hydrogen-bond donors (Lipinski definition) is 2. The fourth-order valence-electron chi connectivity index (χ4n) is 0.588. The molecule has 1 unspecified atom stereocenters. The van der Waals surface area contributed by atoms with Gasteiger partial charge in [-0.3, -0.25) is 4.79 Å². The Kier molecular flexibility index (Phi) is 4.34. The zero-order valence-corrected chi connectivity index (χ0v) is 6.05. The van der Waals surface area contributed by atoms with Crippen molar-refractivity contribution in [3.8, 4) is 12.3 Å². The standard InChI is InChI=1S/C7H12N2O/c1-3-7(10)9-6(2)4-5-8/h1,6H,4-5,8H2,2H3,(H,9,10). The quantitative estimate of drug-likeness (QED) is 0.518. The molecule has 0 fully saturated rings. The van der Waals surface area contributed by atoms with E-state index in [2.05, 4.69) is 5.32 Å². The third-order valence-electron chi connectivity index (χ3n) is 1.11. The van der Waals surface area contributed by atoms with Gasteiger partial charge in [-0.15, -0.1) is 6.42 Å². The predicted molar refractivity (Wildman–Crippen MR) is 40.1 cm³/mol. The molecule has 3 nitrogen and oxygen atoms in total. The summed E-state index contributed by atoms with van der Waals surface area (Å²) >= 11 is 0. The van der Waals surface area contributed by atoms with Gasteiger partial charge in [-0.1, -0.05) is 0 Å². The van der Waals surface area contributed by atoms with E-state index in [1.54, 1.807) is 0 Å². The van der Waals surface area contributed by atoms with Crippen LogP contribution in [-0.2, 0) is 4.79 Å². The lowest BCUT2D eigenvalue weighted by molar-refractivity contribution is -0.116. The first-order valence-electron chi connectivity index (χ1n) is 3.18. The number of carbonyl (C=O) groups is 1. The van der Waals surface area contributed by atoms with Crippen LogP contribution in [0, 0.1) is 12.3 Å². The van der Waals surface area contributed by atoms with Gasteiger partial charge in [0.1, 0.15) is 0 Å². The summed E-state index contributed by atoms with van der Waals surface area (Å²) in [5.41, 5.74) is 5.24. The lowest BCUT2D eigenvalue weighted by Gasteiger charge is -2.08. The average Bonchev–Trinajstić information content (AvgIpc) is 1.88. The summed E-state index contributed by atoms with van der Waals surface area (Å²) in [5.74, 6) is 1.59. The second-order valence-electron chi connectivity index (χ2n) is 2.10. The van der Waals surface area contributed by atoms with Gasteiger partial charge in [0.15, 0.2) is 0 Å². The normalized spacial score (nSPS) is 11.7. The molecule has 1 atom stereocenters. The Balaban J connectivity index is 3.49. The van der Waals surface area contributed by atoms with E-state index in [1.165, 1.54) is 0 Å². The maximum absolute atomic E-state index is 10.5. The van der Waals surface area contributed by atoms with Gasteiger partial charge in [-0.2, -0.15) is 0 Å². The maximum atomic E-state index is 10.5. The van der Waals surface area contributed by atoms with Gasteiger partial charge in [0.25, 0.3) is 5.91 Å². The number of terminal acetylenes is 1. The van der Waals surface area contributed by atoms with E-state index in [1.807, 2.05) is 12.8 Å². The van der Waals surface area contributed by atoms with E-state index in [0.717, 1.165) is 6.42 Å². The van der Waals surface area contributed by atoms with Crippen molar-refractivity contribution in [3.05, 3.63) is 0 Å². The molecular weight excluding hydrogens is 128 g/mol. The summed E-state index contributed by atoms with van der Waals surface area (Å²) in [6, 6.07) is 0.0774. The van der Waals surface area contributed by atoms with E-state index in [4.69, 9.17) is 12.2 Å². The first kappa shape index (κ1) is 8.99. The molecule has 0 radical (unpaired) electrons. The highest BCUT2D eigenvalue weighted by Crippen LogP contribution is 1.85. The summed E-state index contributed by atoms with van der Waals surface area (Å²) in [4.78, 5) is 10.5. The minimum Gasteiger partial charge on any atom is -0.343 e. The van der Waals surface area contributed by atoms with Crippen molar-refractivity contribution in [2.45, 2.75) is 19.4 Å². The zero-order valence-electron chi connectivity index (χ0n) is 6.05. The molecule has 3 N–H and O–H groups in total. The molecule has 0 aliphatic heterocycles. The zero-order chi connectivity index (χ0) is 7.98. The van der Waals surface area contributed by atoms with Gasteiger partial charge in [-0.25, -0.2) is 0 Å². The van der Waals surface area contributed by atoms with Crippen LogP contribution < -0.4 is 11.1 Å². The molecule has 0 rings (SSSR count). The van der Waals surface area contributed by atoms with Crippen molar-refractivity contribution < 1.29 is 4.79 Å². The Morgan fingerprint density at radius 3 is 2.90 bits per heavy atom. The highest BCUT2D eigenvalue weighted by Gasteiger charge is 2.01. The van der Waals surface area contributed by atoms with Crippen LogP contribution in [0.4, 0.5) is 0 Å². The summed E-state index contributed by atoms with van der Waals surface area (Å²) < 4.78 is 0. The first-order valence-corrected chi connectivity index (χ1v) is 3.18. The third kappa shape index (κ3) is 3.93. The number of nitrogens with two attached hydrogens (primary N) is 1. The van der Waals surface area contributed by atoms with Crippen molar-refractivity contribution in [1.82, 2.24) is 5.32 Å². The van der Waals surface area contributed by atoms with Crippen molar-refractivity contribution in [2.24, 2.45) is 5.73 Å². The monoisotopic (exact) mass is 140 g/mol. The van der Waals surface area contributed by atoms with Crippen LogP contribution in [0.2, 0.25) is 0 Å². The summed E-state index contributed by atoms with van der Waals surface area (Å²) in [5, 5.41) is 2.58. The molecule has 0 aromatic heterocycles. The van der Waals surface area contributed by atoms with Gasteiger partial charge in [0.2, 0.25) is 0 Å². The average molecular weight is 140 g/mol. The van der Waals surface area contributed by atoms with Crippen LogP contribution >= 0.6 is 0 Å². The molecule has 10 heavy (non-hydrogen) atoms. The van der Waals surface area contributed by atoms with Crippen molar-refractivity contribution >= 4 is 5.91 Å². The first-order chi connectivity index (χ1) is 4.70. The van der Waals surface area contributed by atoms with E-state index < -0.39 is 0 Å². The number of nitrogens with one attached hydrogen (secondary N) is 1. The van der Waals surface area contributed by atoms with E-state index in [-0.39, 0.29) is 11.9 Å². The molecule has 0 bridgehead atoms. The summed E-state index contributed by atoms with van der Waals surface area (Å²) in [6.07, 6.45) is 5.58. The molecule has 0 saturated carbocycles. The minimum atomic E-state index is -0.374. The van der Waals surface area contributed by atoms with E-state index >= 15 is 0 Å². The van der Waals surface area contributed by atoms with Crippen LogP contribution in [0.15, 0.2) is 0 Å². The maximum Gasteiger partial charge on any atom is 0.295 e. The SMILES string of the molecule is C#CC(=O)NC(C)CCN. The van der Waals surface area contributed by atoms with Crippen molar-refractivity contribution in [1.29, 1.82) is 0 Å². The molecule has 0 aromatic carbocycles. The largest absolute Gasteiger partial charge is 0.343 e. The lowest BCUT2D eigenvalue weighted by Crippen LogP contribution is -2.32.